The third-order valence-electron chi connectivity index (χ3n) is 6.01. The van der Waals surface area contributed by atoms with Crippen LogP contribution in [0.3, 0.4) is 0 Å². The van der Waals surface area contributed by atoms with Crippen LogP contribution in [-0.2, 0) is 6.54 Å². The Morgan fingerprint density at radius 1 is 1.10 bits per heavy atom. The molecular weight excluding hydrogens is 404 g/mol. The highest BCUT2D eigenvalue weighted by Crippen LogP contribution is 2.40. The molecule has 0 aromatic carbocycles. The van der Waals surface area contributed by atoms with Crippen LogP contribution in [0.2, 0.25) is 0 Å². The highest BCUT2D eigenvalue weighted by Gasteiger charge is 2.41. The van der Waals surface area contributed by atoms with Crippen LogP contribution in [0.4, 0.5) is 0 Å². The first-order valence-corrected chi connectivity index (χ1v) is 11.0. The molecule has 162 valence electrons. The summed E-state index contributed by atoms with van der Waals surface area (Å²) in [6, 6.07) is 12.7. The lowest BCUT2D eigenvalue weighted by molar-refractivity contribution is 0.277. The van der Waals surface area contributed by atoms with Crippen molar-refractivity contribution in [3.05, 3.63) is 83.2 Å². The van der Waals surface area contributed by atoms with Gasteiger partial charge in [0.15, 0.2) is 5.11 Å². The summed E-state index contributed by atoms with van der Waals surface area (Å²) in [5, 5.41) is 4.35. The zero-order valence-electron chi connectivity index (χ0n) is 18.6. The van der Waals surface area contributed by atoms with E-state index < -0.39 is 0 Å². The van der Waals surface area contributed by atoms with E-state index in [0.29, 0.717) is 0 Å². The van der Waals surface area contributed by atoms with Gasteiger partial charge < -0.3 is 19.7 Å². The predicted octanol–water partition coefficient (Wildman–Crippen LogP) is 3.48. The summed E-state index contributed by atoms with van der Waals surface area (Å²) in [7, 11) is 4.19. The van der Waals surface area contributed by atoms with Crippen LogP contribution in [0, 0.1) is 13.8 Å². The number of pyridine rings is 2. The number of likely N-dealkylation sites (N-methyl/N-ethyl adjacent to an activating group) is 1. The molecule has 1 N–H and O–H groups in total. The Morgan fingerprint density at radius 3 is 2.55 bits per heavy atom. The van der Waals surface area contributed by atoms with Gasteiger partial charge in [0.2, 0.25) is 0 Å². The normalized spacial score (nSPS) is 18.6. The molecule has 0 radical (unpaired) electrons. The van der Waals surface area contributed by atoms with Gasteiger partial charge in [-0.25, -0.2) is 0 Å². The summed E-state index contributed by atoms with van der Waals surface area (Å²) >= 11 is 5.79. The molecule has 6 nitrogen and oxygen atoms in total. The van der Waals surface area contributed by atoms with Gasteiger partial charge in [-0.3, -0.25) is 9.97 Å². The number of hydrogen-bond acceptors (Lipinski definition) is 4. The molecule has 31 heavy (non-hydrogen) atoms. The fourth-order valence-corrected chi connectivity index (χ4v) is 4.67. The molecule has 0 amide bonds. The van der Waals surface area contributed by atoms with Gasteiger partial charge in [-0.05, 0) is 81.6 Å². The first kappa shape index (κ1) is 21.5. The first-order valence-electron chi connectivity index (χ1n) is 10.6. The summed E-state index contributed by atoms with van der Waals surface area (Å²) in [5.74, 6) is 0. The SMILES string of the molecule is Cc1cc([C@@H]2[C@H](c3ccccn3)NC(=S)N2CCN(C)C)c(C)n1Cc1ccncc1. The van der Waals surface area contributed by atoms with Crippen molar-refractivity contribution in [3.8, 4) is 0 Å². The average molecular weight is 435 g/mol. The van der Waals surface area contributed by atoms with E-state index in [9.17, 15) is 0 Å². The van der Waals surface area contributed by atoms with Crippen LogP contribution in [0.5, 0.6) is 0 Å². The highest BCUT2D eigenvalue weighted by molar-refractivity contribution is 7.80. The average Bonchev–Trinajstić information content (AvgIpc) is 3.24. The third-order valence-corrected chi connectivity index (χ3v) is 6.36. The maximum Gasteiger partial charge on any atom is 0.170 e. The Kier molecular flexibility index (Phi) is 6.34. The van der Waals surface area contributed by atoms with E-state index in [0.717, 1.165) is 30.4 Å². The van der Waals surface area contributed by atoms with Crippen molar-refractivity contribution in [1.82, 2.24) is 29.7 Å². The molecule has 0 unspecified atom stereocenters. The Morgan fingerprint density at radius 2 is 1.87 bits per heavy atom. The summed E-state index contributed by atoms with van der Waals surface area (Å²) in [4.78, 5) is 13.3. The topological polar surface area (TPSA) is 49.2 Å². The van der Waals surface area contributed by atoms with Crippen molar-refractivity contribution in [2.45, 2.75) is 32.5 Å². The van der Waals surface area contributed by atoms with Gasteiger partial charge in [0.25, 0.3) is 0 Å². The number of aromatic nitrogens is 3. The smallest absolute Gasteiger partial charge is 0.170 e. The fraction of sp³-hybridized carbons (Fsp3) is 0.375. The van der Waals surface area contributed by atoms with E-state index in [1.54, 1.807) is 0 Å². The molecule has 4 rings (SSSR count). The van der Waals surface area contributed by atoms with E-state index in [1.807, 2.05) is 30.7 Å². The molecular formula is C24H30N6S. The third kappa shape index (κ3) is 4.48. The van der Waals surface area contributed by atoms with Crippen molar-refractivity contribution < 1.29 is 0 Å². The van der Waals surface area contributed by atoms with Gasteiger partial charge >= 0.3 is 0 Å². The summed E-state index contributed by atoms with van der Waals surface area (Å²) in [6.07, 6.45) is 5.56. The second-order valence-corrected chi connectivity index (χ2v) is 8.78. The summed E-state index contributed by atoms with van der Waals surface area (Å²) in [6.45, 7) is 7.02. The predicted molar refractivity (Wildman–Crippen MR) is 128 cm³/mol. The molecule has 1 aliphatic rings. The molecule has 3 aromatic heterocycles. The number of nitrogens with one attached hydrogen (secondary N) is 1. The maximum atomic E-state index is 5.79. The Hall–Kier alpha value is -2.77. The first-order chi connectivity index (χ1) is 15.0. The van der Waals surface area contributed by atoms with Crippen molar-refractivity contribution in [1.29, 1.82) is 0 Å². The van der Waals surface area contributed by atoms with Crippen LogP contribution in [0.1, 0.15) is 40.3 Å². The van der Waals surface area contributed by atoms with Crippen LogP contribution in [0.25, 0.3) is 0 Å². The van der Waals surface area contributed by atoms with Gasteiger partial charge in [0.1, 0.15) is 0 Å². The van der Waals surface area contributed by atoms with Crippen LogP contribution < -0.4 is 5.32 Å². The molecule has 1 aliphatic heterocycles. The molecule has 2 atom stereocenters. The molecule has 7 heteroatoms. The molecule has 0 bridgehead atoms. The largest absolute Gasteiger partial charge is 0.352 e. The number of hydrogen-bond donors (Lipinski definition) is 1. The van der Waals surface area contributed by atoms with Gasteiger partial charge in [0.05, 0.1) is 17.8 Å². The van der Waals surface area contributed by atoms with Crippen molar-refractivity contribution >= 4 is 17.3 Å². The minimum absolute atomic E-state index is 0.0192. The zero-order valence-corrected chi connectivity index (χ0v) is 19.4. The minimum Gasteiger partial charge on any atom is -0.352 e. The number of thiocarbonyl (C=S) groups is 1. The van der Waals surface area contributed by atoms with E-state index >= 15 is 0 Å². The zero-order chi connectivity index (χ0) is 22.0. The number of nitrogens with zero attached hydrogens (tertiary/aromatic N) is 5. The van der Waals surface area contributed by atoms with Crippen molar-refractivity contribution in [2.24, 2.45) is 0 Å². The Labute approximate surface area is 189 Å². The lowest BCUT2D eigenvalue weighted by atomic mass is 9.97. The van der Waals surface area contributed by atoms with Gasteiger partial charge in [-0.1, -0.05) is 6.07 Å². The lowest BCUT2D eigenvalue weighted by Gasteiger charge is -2.29. The fourth-order valence-electron chi connectivity index (χ4n) is 4.33. The standard InChI is InChI=1S/C24H30N6S/c1-17-15-20(18(2)30(17)16-19-8-11-25-12-9-19)23-22(21-7-5-6-10-26-21)27-24(31)29(23)14-13-28(3)4/h5-12,15,22-23H,13-14,16H2,1-4H3,(H,27,31)/t22-,23+/m0/s1. The Bertz CT molecular complexity index is 1030. The monoisotopic (exact) mass is 434 g/mol. The molecule has 1 saturated heterocycles. The van der Waals surface area contributed by atoms with Crippen LogP contribution in [0.15, 0.2) is 55.0 Å². The maximum absolute atomic E-state index is 5.79. The Balaban J connectivity index is 1.73. The molecule has 0 aliphatic carbocycles. The van der Waals surface area contributed by atoms with Gasteiger partial charge in [-0.15, -0.1) is 0 Å². The van der Waals surface area contributed by atoms with E-state index in [4.69, 9.17) is 12.2 Å². The van der Waals surface area contributed by atoms with Crippen molar-refractivity contribution in [3.63, 3.8) is 0 Å². The van der Waals surface area contributed by atoms with E-state index in [2.05, 4.69) is 81.9 Å². The molecule has 4 heterocycles. The van der Waals surface area contributed by atoms with E-state index in [1.165, 1.54) is 22.5 Å². The van der Waals surface area contributed by atoms with Gasteiger partial charge in [-0.2, -0.15) is 0 Å². The number of rotatable bonds is 7. The van der Waals surface area contributed by atoms with Crippen LogP contribution in [-0.4, -0.2) is 56.6 Å². The quantitative estimate of drug-likeness (QED) is 0.575. The van der Waals surface area contributed by atoms with E-state index in [-0.39, 0.29) is 12.1 Å². The summed E-state index contributed by atoms with van der Waals surface area (Å²) in [5.41, 5.74) is 6.07. The molecule has 1 fully saturated rings. The second-order valence-electron chi connectivity index (χ2n) is 8.39. The van der Waals surface area contributed by atoms with Gasteiger partial charge in [0, 0.05) is 49.6 Å². The lowest BCUT2D eigenvalue weighted by Crippen LogP contribution is -2.35. The highest BCUT2D eigenvalue weighted by atomic mass is 32.1. The summed E-state index contributed by atoms with van der Waals surface area (Å²) < 4.78 is 2.38. The molecule has 0 saturated carbocycles. The molecule has 0 spiro atoms. The minimum atomic E-state index is 0.0192. The number of aryl methyl sites for hydroxylation is 1. The van der Waals surface area contributed by atoms with Crippen LogP contribution >= 0.6 is 12.2 Å². The van der Waals surface area contributed by atoms with Crippen molar-refractivity contribution in [2.75, 3.05) is 27.2 Å². The molecule has 3 aromatic rings. The second kappa shape index (κ2) is 9.16.